The maximum absolute atomic E-state index is 14.0. The number of carbonyl (C=O) groups is 2. The van der Waals surface area contributed by atoms with Gasteiger partial charge in [0.1, 0.15) is 11.4 Å². The van der Waals surface area contributed by atoms with Gasteiger partial charge < -0.3 is 16.0 Å². The van der Waals surface area contributed by atoms with Crippen molar-refractivity contribution in [3.63, 3.8) is 0 Å². The minimum absolute atomic E-state index is 0.137. The van der Waals surface area contributed by atoms with Crippen LogP contribution in [-0.2, 0) is 11.3 Å². The molecule has 0 unspecified atom stereocenters. The summed E-state index contributed by atoms with van der Waals surface area (Å²) in [6.45, 7) is 2.20. The molecule has 2 aromatic carbocycles. The molecule has 0 spiro atoms. The van der Waals surface area contributed by atoms with E-state index < -0.39 is 17.4 Å². The zero-order valence-electron chi connectivity index (χ0n) is 15.3. The summed E-state index contributed by atoms with van der Waals surface area (Å²) in [6, 6.07) is 13.7. The van der Waals surface area contributed by atoms with Gasteiger partial charge in [0.25, 0.3) is 0 Å². The van der Waals surface area contributed by atoms with Crippen LogP contribution in [0.1, 0.15) is 36.8 Å². The van der Waals surface area contributed by atoms with Gasteiger partial charge in [-0.2, -0.15) is 0 Å². The Bertz CT molecular complexity index is 817. The van der Waals surface area contributed by atoms with Crippen molar-refractivity contribution in [1.82, 2.24) is 10.6 Å². The summed E-state index contributed by atoms with van der Waals surface area (Å²) in [5.74, 6) is -0.866. The predicted octanol–water partition coefficient (Wildman–Crippen LogP) is 3.88. The molecule has 2 aromatic rings. The Hall–Kier alpha value is -2.89. The lowest BCUT2D eigenvalue weighted by Crippen LogP contribution is -2.57. The lowest BCUT2D eigenvalue weighted by molar-refractivity contribution is -0.121. The number of urea groups is 1. The lowest BCUT2D eigenvalue weighted by Gasteiger charge is -2.29. The molecule has 0 bridgehead atoms. The van der Waals surface area contributed by atoms with E-state index in [9.17, 15) is 14.0 Å². The average molecular weight is 369 g/mol. The molecule has 0 aromatic heterocycles. The highest BCUT2D eigenvalue weighted by atomic mass is 19.1. The molecule has 1 aliphatic carbocycles. The van der Waals surface area contributed by atoms with Gasteiger partial charge in [-0.25, -0.2) is 9.18 Å². The summed E-state index contributed by atoms with van der Waals surface area (Å²) >= 11 is 0. The molecule has 0 aliphatic heterocycles. The van der Waals surface area contributed by atoms with Gasteiger partial charge in [-0.05, 0) is 43.0 Å². The van der Waals surface area contributed by atoms with Gasteiger partial charge in [-0.3, -0.25) is 4.79 Å². The van der Waals surface area contributed by atoms with Crippen LogP contribution in [0.3, 0.4) is 0 Å². The molecule has 0 saturated heterocycles. The van der Waals surface area contributed by atoms with Crippen LogP contribution in [0, 0.1) is 12.7 Å². The van der Waals surface area contributed by atoms with Gasteiger partial charge in [0, 0.05) is 6.54 Å². The van der Waals surface area contributed by atoms with E-state index in [0.29, 0.717) is 19.4 Å². The smallest absolute Gasteiger partial charge is 0.315 e. The minimum Gasteiger partial charge on any atom is -0.334 e. The van der Waals surface area contributed by atoms with Crippen molar-refractivity contribution in [1.29, 1.82) is 0 Å². The van der Waals surface area contributed by atoms with E-state index in [4.69, 9.17) is 0 Å². The third-order valence-electron chi connectivity index (χ3n) is 4.91. The van der Waals surface area contributed by atoms with E-state index >= 15 is 0 Å². The van der Waals surface area contributed by atoms with Crippen molar-refractivity contribution in [2.24, 2.45) is 0 Å². The van der Waals surface area contributed by atoms with Crippen LogP contribution in [0.2, 0.25) is 0 Å². The molecular weight excluding hydrogens is 345 g/mol. The van der Waals surface area contributed by atoms with E-state index in [1.807, 2.05) is 37.3 Å². The van der Waals surface area contributed by atoms with Gasteiger partial charge in [0.05, 0.1) is 5.69 Å². The number of hydrogen-bond acceptors (Lipinski definition) is 2. The SMILES string of the molecule is Cc1ccc(F)c(NC(=O)C2(NC(=O)NCc3ccccc3)CCCC2)c1. The topological polar surface area (TPSA) is 70.2 Å². The van der Waals surface area contributed by atoms with Gasteiger partial charge in [-0.1, -0.05) is 49.2 Å². The van der Waals surface area contributed by atoms with E-state index in [1.54, 1.807) is 12.1 Å². The summed E-state index contributed by atoms with van der Waals surface area (Å²) < 4.78 is 14.0. The van der Waals surface area contributed by atoms with Crippen molar-refractivity contribution in [2.75, 3.05) is 5.32 Å². The Balaban J connectivity index is 1.66. The lowest BCUT2D eigenvalue weighted by atomic mass is 9.96. The monoisotopic (exact) mass is 369 g/mol. The summed E-state index contributed by atoms with van der Waals surface area (Å²) in [5, 5.41) is 8.27. The molecule has 142 valence electrons. The molecule has 0 heterocycles. The van der Waals surface area contributed by atoms with E-state index in [2.05, 4.69) is 16.0 Å². The predicted molar refractivity (Wildman–Crippen MR) is 103 cm³/mol. The number of hydrogen-bond donors (Lipinski definition) is 3. The molecule has 3 N–H and O–H groups in total. The molecule has 5 nitrogen and oxygen atoms in total. The normalized spacial score (nSPS) is 15.2. The van der Waals surface area contributed by atoms with Crippen LogP contribution in [0.15, 0.2) is 48.5 Å². The Labute approximate surface area is 158 Å². The first-order valence-electron chi connectivity index (χ1n) is 9.16. The number of carbonyl (C=O) groups excluding carboxylic acids is 2. The maximum atomic E-state index is 14.0. The van der Waals surface area contributed by atoms with Gasteiger partial charge in [0.2, 0.25) is 5.91 Å². The Morgan fingerprint density at radius 3 is 2.48 bits per heavy atom. The molecule has 1 aliphatic rings. The van der Waals surface area contributed by atoms with Crippen LogP contribution in [-0.4, -0.2) is 17.5 Å². The minimum atomic E-state index is -1.02. The Morgan fingerprint density at radius 1 is 1.07 bits per heavy atom. The molecule has 1 saturated carbocycles. The number of amides is 3. The summed E-state index contributed by atoms with van der Waals surface area (Å²) in [5.41, 5.74) is 0.939. The second-order valence-electron chi connectivity index (χ2n) is 7.02. The summed E-state index contributed by atoms with van der Waals surface area (Å²) in [6.07, 6.45) is 2.74. The zero-order chi connectivity index (χ0) is 19.3. The van der Waals surface area contributed by atoms with Crippen LogP contribution < -0.4 is 16.0 Å². The van der Waals surface area contributed by atoms with Crippen LogP contribution in [0.5, 0.6) is 0 Å². The van der Waals surface area contributed by atoms with Crippen molar-refractivity contribution >= 4 is 17.6 Å². The summed E-state index contributed by atoms with van der Waals surface area (Å²) in [4.78, 5) is 25.3. The van der Waals surface area contributed by atoms with Crippen LogP contribution in [0.25, 0.3) is 0 Å². The highest BCUT2D eigenvalue weighted by molar-refractivity contribution is 6.00. The van der Waals surface area contributed by atoms with Crippen LogP contribution in [0.4, 0.5) is 14.9 Å². The molecule has 0 radical (unpaired) electrons. The zero-order valence-corrected chi connectivity index (χ0v) is 15.3. The Kier molecular flexibility index (Phi) is 5.74. The fourth-order valence-corrected chi connectivity index (χ4v) is 3.40. The first-order chi connectivity index (χ1) is 13.0. The van der Waals surface area contributed by atoms with Crippen molar-refractivity contribution in [2.45, 2.75) is 44.7 Å². The first kappa shape index (κ1) is 18.9. The largest absolute Gasteiger partial charge is 0.334 e. The third kappa shape index (κ3) is 4.64. The standard InChI is InChI=1S/C21H24FN3O2/c1-15-9-10-17(22)18(13-15)24-19(26)21(11-5-6-12-21)25-20(27)23-14-16-7-3-2-4-8-16/h2-4,7-10,13H,5-6,11-12,14H2,1H3,(H,24,26)(H2,23,25,27). The quantitative estimate of drug-likeness (QED) is 0.748. The molecule has 3 amide bonds. The molecule has 1 fully saturated rings. The molecule has 27 heavy (non-hydrogen) atoms. The highest BCUT2D eigenvalue weighted by Crippen LogP contribution is 2.31. The number of halogens is 1. The number of anilines is 1. The number of rotatable bonds is 5. The Morgan fingerprint density at radius 2 is 1.78 bits per heavy atom. The van der Waals surface area contributed by atoms with E-state index in [-0.39, 0.29) is 11.6 Å². The van der Waals surface area contributed by atoms with Gasteiger partial charge >= 0.3 is 6.03 Å². The fourth-order valence-electron chi connectivity index (χ4n) is 3.40. The second kappa shape index (κ2) is 8.20. The number of benzene rings is 2. The molecule has 0 atom stereocenters. The van der Waals surface area contributed by atoms with Crippen molar-refractivity contribution in [3.8, 4) is 0 Å². The first-order valence-corrected chi connectivity index (χ1v) is 9.16. The van der Waals surface area contributed by atoms with E-state index in [0.717, 1.165) is 24.0 Å². The second-order valence-corrected chi connectivity index (χ2v) is 7.02. The van der Waals surface area contributed by atoms with Gasteiger partial charge in [0.15, 0.2) is 0 Å². The number of aryl methyl sites for hydroxylation is 1. The van der Waals surface area contributed by atoms with Crippen LogP contribution >= 0.6 is 0 Å². The highest BCUT2D eigenvalue weighted by Gasteiger charge is 2.42. The van der Waals surface area contributed by atoms with Crippen molar-refractivity contribution < 1.29 is 14.0 Å². The molecular formula is C21H24FN3O2. The molecule has 3 rings (SSSR count). The third-order valence-corrected chi connectivity index (χ3v) is 4.91. The fraction of sp³-hybridized carbons (Fsp3) is 0.333. The van der Waals surface area contributed by atoms with Crippen molar-refractivity contribution in [3.05, 3.63) is 65.5 Å². The summed E-state index contributed by atoms with van der Waals surface area (Å²) in [7, 11) is 0. The van der Waals surface area contributed by atoms with Gasteiger partial charge in [-0.15, -0.1) is 0 Å². The van der Waals surface area contributed by atoms with E-state index in [1.165, 1.54) is 6.07 Å². The maximum Gasteiger partial charge on any atom is 0.315 e. The molecule has 6 heteroatoms. The average Bonchev–Trinajstić information content (AvgIpc) is 3.13. The number of nitrogens with one attached hydrogen (secondary N) is 3.